The Bertz CT molecular complexity index is 605. The molecule has 24 heavy (non-hydrogen) atoms. The van der Waals surface area contributed by atoms with Crippen LogP contribution in [0.5, 0.6) is 0 Å². The van der Waals surface area contributed by atoms with Crippen LogP contribution in [-0.4, -0.2) is 37.2 Å². The van der Waals surface area contributed by atoms with Gasteiger partial charge in [0.1, 0.15) is 0 Å². The van der Waals surface area contributed by atoms with Crippen LogP contribution < -0.4 is 16.0 Å². The number of anilines is 1. The minimum Gasteiger partial charge on any atom is -0.353 e. The molecule has 3 unspecified atom stereocenters. The average molecular weight is 347 g/mol. The van der Waals surface area contributed by atoms with E-state index in [-0.39, 0.29) is 30.2 Å². The van der Waals surface area contributed by atoms with Gasteiger partial charge in [-0.05, 0) is 55.8 Å². The van der Waals surface area contributed by atoms with E-state index in [4.69, 9.17) is 5.73 Å². The first-order valence-electron chi connectivity index (χ1n) is 8.57. The lowest BCUT2D eigenvalue weighted by Gasteiger charge is -2.22. The van der Waals surface area contributed by atoms with Crippen LogP contribution in [0, 0.1) is 11.8 Å². The second-order valence-electron chi connectivity index (χ2n) is 6.65. The number of carbonyl (C=O) groups excluding carboxylic acids is 2. The van der Waals surface area contributed by atoms with Crippen molar-refractivity contribution in [1.82, 2.24) is 5.32 Å². The van der Waals surface area contributed by atoms with Gasteiger partial charge in [0.25, 0.3) is 0 Å². The van der Waals surface area contributed by atoms with E-state index >= 15 is 0 Å². The molecule has 1 aromatic rings. The predicted octanol–water partition coefficient (Wildman–Crippen LogP) is 2.00. The molecule has 3 N–H and O–H groups in total. The Morgan fingerprint density at radius 3 is 2.75 bits per heavy atom. The molecular formula is C18H25N3O2S. The van der Waals surface area contributed by atoms with Gasteiger partial charge in [0.15, 0.2) is 0 Å². The summed E-state index contributed by atoms with van der Waals surface area (Å²) in [6.45, 7) is 1.08. The second-order valence-corrected chi connectivity index (χ2v) is 7.52. The maximum Gasteiger partial charge on any atom is 0.227 e. The normalized spacial score (nSPS) is 26.8. The van der Waals surface area contributed by atoms with Gasteiger partial charge >= 0.3 is 0 Å². The van der Waals surface area contributed by atoms with E-state index in [0.29, 0.717) is 19.0 Å². The molecule has 1 aliphatic heterocycles. The van der Waals surface area contributed by atoms with Crippen LogP contribution in [0.1, 0.15) is 25.7 Å². The summed E-state index contributed by atoms with van der Waals surface area (Å²) in [5.41, 5.74) is 6.65. The first-order valence-corrected chi connectivity index (χ1v) is 9.79. The predicted molar refractivity (Wildman–Crippen MR) is 97.0 cm³/mol. The number of thioether (sulfide) groups is 1. The van der Waals surface area contributed by atoms with E-state index in [9.17, 15) is 9.59 Å². The molecule has 2 amide bonds. The van der Waals surface area contributed by atoms with Crippen molar-refractivity contribution in [2.24, 2.45) is 17.6 Å². The summed E-state index contributed by atoms with van der Waals surface area (Å²) in [7, 11) is 0. The Morgan fingerprint density at radius 2 is 2.08 bits per heavy atom. The fourth-order valence-electron chi connectivity index (χ4n) is 3.70. The topological polar surface area (TPSA) is 75.4 Å². The standard InChI is InChI=1S/C18H25N3O2S/c1-24-15-7-5-14(6-8-15)21-11-13(9-17(21)22)18(23)20-16-4-2-3-12(16)10-19/h5-8,12-13,16H,2-4,9-11,19H2,1H3,(H,20,23). The van der Waals surface area contributed by atoms with Crippen LogP contribution in [0.25, 0.3) is 0 Å². The number of nitrogens with two attached hydrogens (primary N) is 1. The van der Waals surface area contributed by atoms with Crippen LogP contribution in [-0.2, 0) is 9.59 Å². The average Bonchev–Trinajstić information content (AvgIpc) is 3.21. The molecule has 0 bridgehead atoms. The number of hydrogen-bond acceptors (Lipinski definition) is 4. The van der Waals surface area contributed by atoms with Crippen molar-refractivity contribution in [2.45, 2.75) is 36.6 Å². The Labute approximate surface area is 147 Å². The van der Waals surface area contributed by atoms with Crippen molar-refractivity contribution in [3.05, 3.63) is 24.3 Å². The number of nitrogens with one attached hydrogen (secondary N) is 1. The first kappa shape index (κ1) is 17.3. The van der Waals surface area contributed by atoms with Crippen LogP contribution in [0.3, 0.4) is 0 Å². The van der Waals surface area contributed by atoms with Crippen molar-refractivity contribution in [3.8, 4) is 0 Å². The molecule has 2 aliphatic rings. The lowest BCUT2D eigenvalue weighted by molar-refractivity contribution is -0.127. The third kappa shape index (κ3) is 3.59. The van der Waals surface area contributed by atoms with Crippen molar-refractivity contribution in [1.29, 1.82) is 0 Å². The SMILES string of the molecule is CSc1ccc(N2CC(C(=O)NC3CCCC3CN)CC2=O)cc1. The lowest BCUT2D eigenvalue weighted by Crippen LogP contribution is -2.43. The zero-order valence-corrected chi connectivity index (χ0v) is 14.8. The molecule has 0 radical (unpaired) electrons. The molecule has 2 fully saturated rings. The summed E-state index contributed by atoms with van der Waals surface area (Å²) >= 11 is 1.67. The summed E-state index contributed by atoms with van der Waals surface area (Å²) in [5, 5.41) is 3.13. The molecule has 1 aliphatic carbocycles. The molecule has 0 spiro atoms. The minimum atomic E-state index is -0.267. The van der Waals surface area contributed by atoms with Gasteiger partial charge in [0.2, 0.25) is 11.8 Å². The third-order valence-corrected chi connectivity index (χ3v) is 5.91. The number of carbonyl (C=O) groups is 2. The van der Waals surface area contributed by atoms with Gasteiger partial charge < -0.3 is 16.0 Å². The van der Waals surface area contributed by atoms with Crippen LogP contribution >= 0.6 is 11.8 Å². The van der Waals surface area contributed by atoms with Crippen molar-refractivity contribution < 1.29 is 9.59 Å². The van der Waals surface area contributed by atoms with Crippen LogP contribution in [0.2, 0.25) is 0 Å². The molecule has 1 saturated heterocycles. The molecular weight excluding hydrogens is 322 g/mol. The van der Waals surface area contributed by atoms with E-state index in [2.05, 4.69) is 5.32 Å². The number of benzene rings is 1. The summed E-state index contributed by atoms with van der Waals surface area (Å²) < 4.78 is 0. The van der Waals surface area contributed by atoms with E-state index in [0.717, 1.165) is 29.8 Å². The zero-order valence-electron chi connectivity index (χ0n) is 14.0. The second kappa shape index (κ2) is 7.57. The summed E-state index contributed by atoms with van der Waals surface area (Å²) in [6, 6.07) is 8.08. The molecule has 1 saturated carbocycles. The Balaban J connectivity index is 1.62. The number of amides is 2. The maximum atomic E-state index is 12.6. The van der Waals surface area contributed by atoms with E-state index < -0.39 is 0 Å². The molecule has 5 nitrogen and oxygen atoms in total. The third-order valence-electron chi connectivity index (χ3n) is 5.17. The number of rotatable bonds is 5. The quantitative estimate of drug-likeness (QED) is 0.799. The smallest absolute Gasteiger partial charge is 0.227 e. The lowest BCUT2D eigenvalue weighted by atomic mass is 10.0. The highest BCUT2D eigenvalue weighted by Gasteiger charge is 2.37. The van der Waals surface area contributed by atoms with Crippen molar-refractivity contribution in [3.63, 3.8) is 0 Å². The van der Waals surface area contributed by atoms with Gasteiger partial charge in [0.05, 0.1) is 5.92 Å². The Kier molecular flexibility index (Phi) is 5.46. The highest BCUT2D eigenvalue weighted by molar-refractivity contribution is 7.98. The fraction of sp³-hybridized carbons (Fsp3) is 0.556. The monoisotopic (exact) mass is 347 g/mol. The van der Waals surface area contributed by atoms with Gasteiger partial charge in [-0.25, -0.2) is 0 Å². The highest BCUT2D eigenvalue weighted by Crippen LogP contribution is 2.29. The summed E-state index contributed by atoms with van der Waals surface area (Å²) in [6.07, 6.45) is 5.50. The molecule has 6 heteroatoms. The molecule has 0 aromatic heterocycles. The summed E-state index contributed by atoms with van der Waals surface area (Å²) in [4.78, 5) is 27.8. The van der Waals surface area contributed by atoms with Crippen LogP contribution in [0.15, 0.2) is 29.2 Å². The first-order chi connectivity index (χ1) is 11.6. The van der Waals surface area contributed by atoms with Crippen molar-refractivity contribution >= 4 is 29.3 Å². The largest absolute Gasteiger partial charge is 0.353 e. The van der Waals surface area contributed by atoms with Crippen molar-refractivity contribution in [2.75, 3.05) is 24.2 Å². The van der Waals surface area contributed by atoms with E-state index in [1.807, 2.05) is 30.5 Å². The molecule has 1 aromatic carbocycles. The fourth-order valence-corrected chi connectivity index (χ4v) is 4.11. The van der Waals surface area contributed by atoms with E-state index in [1.165, 1.54) is 0 Å². The van der Waals surface area contributed by atoms with Gasteiger partial charge in [-0.3, -0.25) is 9.59 Å². The Morgan fingerprint density at radius 1 is 1.33 bits per heavy atom. The van der Waals surface area contributed by atoms with Gasteiger partial charge in [-0.15, -0.1) is 11.8 Å². The zero-order chi connectivity index (χ0) is 17.1. The molecule has 1 heterocycles. The molecule has 130 valence electrons. The maximum absolute atomic E-state index is 12.6. The number of nitrogens with zero attached hydrogens (tertiary/aromatic N) is 1. The highest BCUT2D eigenvalue weighted by atomic mass is 32.2. The molecule has 3 rings (SSSR count). The molecule has 3 atom stereocenters. The van der Waals surface area contributed by atoms with Gasteiger partial charge in [-0.1, -0.05) is 6.42 Å². The van der Waals surface area contributed by atoms with Gasteiger partial charge in [0, 0.05) is 29.6 Å². The minimum absolute atomic E-state index is 0.00284. The van der Waals surface area contributed by atoms with E-state index in [1.54, 1.807) is 16.7 Å². The van der Waals surface area contributed by atoms with Gasteiger partial charge in [-0.2, -0.15) is 0 Å². The number of hydrogen-bond donors (Lipinski definition) is 2. The van der Waals surface area contributed by atoms with Crippen LogP contribution in [0.4, 0.5) is 5.69 Å². The summed E-state index contributed by atoms with van der Waals surface area (Å²) in [5.74, 6) is 0.128. The Hall–Kier alpha value is -1.53.